The lowest BCUT2D eigenvalue weighted by atomic mass is 9.98. The van der Waals surface area contributed by atoms with Crippen LogP contribution >= 0.6 is 0 Å². The molecule has 0 spiro atoms. The molecular formula is C44H34N2O2. The molecule has 0 aliphatic carbocycles. The highest BCUT2D eigenvalue weighted by atomic mass is 16.3. The van der Waals surface area contributed by atoms with Gasteiger partial charge in [0.15, 0.2) is 0 Å². The van der Waals surface area contributed by atoms with Crippen molar-refractivity contribution in [3.05, 3.63) is 182 Å². The molecule has 0 aliphatic rings. The van der Waals surface area contributed by atoms with Gasteiger partial charge in [-0.3, -0.25) is 0 Å². The SMILES string of the molecule is Oc1c(-c2ccccc2)cc2ccccc2c1Nc1ccccc1.Oc1c(-c2ccccc2)cc2ccccc2c1Nc1ccccc1. The summed E-state index contributed by atoms with van der Waals surface area (Å²) in [5.74, 6) is 0.535. The fraction of sp³-hybridized carbons (Fsp3) is 0. The Morgan fingerprint density at radius 1 is 0.333 bits per heavy atom. The molecular weight excluding hydrogens is 588 g/mol. The Labute approximate surface area is 280 Å². The summed E-state index contributed by atoms with van der Waals surface area (Å²) >= 11 is 0. The van der Waals surface area contributed by atoms with E-state index < -0.39 is 0 Å². The molecule has 232 valence electrons. The molecule has 4 nitrogen and oxygen atoms in total. The van der Waals surface area contributed by atoms with E-state index in [1.165, 1.54) is 0 Å². The number of para-hydroxylation sites is 2. The Balaban J connectivity index is 0.000000152. The number of aromatic hydroxyl groups is 2. The third-order valence-corrected chi connectivity index (χ3v) is 8.30. The second-order valence-electron chi connectivity index (χ2n) is 11.5. The molecule has 4 N–H and O–H groups in total. The molecule has 0 aromatic heterocycles. The van der Waals surface area contributed by atoms with Crippen molar-refractivity contribution in [2.24, 2.45) is 0 Å². The summed E-state index contributed by atoms with van der Waals surface area (Å²) in [5, 5.41) is 32.8. The molecule has 0 amide bonds. The molecule has 0 unspecified atom stereocenters. The van der Waals surface area contributed by atoms with Crippen molar-refractivity contribution in [1.82, 2.24) is 0 Å². The highest BCUT2D eigenvalue weighted by Gasteiger charge is 2.15. The number of benzene rings is 8. The highest BCUT2D eigenvalue weighted by molar-refractivity contribution is 6.04. The van der Waals surface area contributed by atoms with Crippen molar-refractivity contribution in [3.8, 4) is 33.8 Å². The van der Waals surface area contributed by atoms with Gasteiger partial charge in [0.25, 0.3) is 0 Å². The Morgan fingerprint density at radius 3 is 1.02 bits per heavy atom. The van der Waals surface area contributed by atoms with Gasteiger partial charge < -0.3 is 20.8 Å². The average Bonchev–Trinajstić information content (AvgIpc) is 3.15. The molecule has 0 saturated carbocycles. The largest absolute Gasteiger partial charge is 0.505 e. The molecule has 8 aromatic rings. The molecule has 0 radical (unpaired) electrons. The van der Waals surface area contributed by atoms with Crippen LogP contribution in [0.3, 0.4) is 0 Å². The van der Waals surface area contributed by atoms with Crippen LogP contribution in [0.2, 0.25) is 0 Å². The lowest BCUT2D eigenvalue weighted by Gasteiger charge is -2.16. The van der Waals surface area contributed by atoms with Gasteiger partial charge >= 0.3 is 0 Å². The van der Waals surface area contributed by atoms with E-state index >= 15 is 0 Å². The van der Waals surface area contributed by atoms with E-state index in [1.807, 2.05) is 170 Å². The zero-order chi connectivity index (χ0) is 32.7. The molecule has 0 fully saturated rings. The third-order valence-electron chi connectivity index (χ3n) is 8.30. The fourth-order valence-electron chi connectivity index (χ4n) is 5.93. The number of phenols is 2. The van der Waals surface area contributed by atoms with Crippen LogP contribution in [-0.4, -0.2) is 10.2 Å². The van der Waals surface area contributed by atoms with Crippen LogP contribution in [0.25, 0.3) is 43.8 Å². The summed E-state index contributed by atoms with van der Waals surface area (Å²) in [6.45, 7) is 0. The second kappa shape index (κ2) is 13.9. The fourth-order valence-corrected chi connectivity index (χ4v) is 5.93. The molecule has 48 heavy (non-hydrogen) atoms. The van der Waals surface area contributed by atoms with Gasteiger partial charge in [-0.2, -0.15) is 0 Å². The Hall–Kier alpha value is -6.52. The van der Waals surface area contributed by atoms with Crippen LogP contribution in [0.1, 0.15) is 0 Å². The van der Waals surface area contributed by atoms with Crippen molar-refractivity contribution in [1.29, 1.82) is 0 Å². The third kappa shape index (κ3) is 6.41. The first kappa shape index (κ1) is 30.2. The van der Waals surface area contributed by atoms with Crippen LogP contribution in [0, 0.1) is 0 Å². The first-order chi connectivity index (χ1) is 23.7. The number of nitrogens with one attached hydrogen (secondary N) is 2. The minimum Gasteiger partial charge on any atom is -0.505 e. The summed E-state index contributed by atoms with van der Waals surface area (Å²) in [4.78, 5) is 0. The zero-order valence-electron chi connectivity index (χ0n) is 26.2. The van der Waals surface area contributed by atoms with E-state index in [0.29, 0.717) is 0 Å². The summed E-state index contributed by atoms with van der Waals surface area (Å²) in [6, 6.07) is 60.0. The van der Waals surface area contributed by atoms with Gasteiger partial charge in [-0.1, -0.05) is 146 Å². The molecule has 0 saturated heterocycles. The maximum Gasteiger partial charge on any atom is 0.147 e. The predicted molar refractivity (Wildman–Crippen MR) is 202 cm³/mol. The van der Waals surface area contributed by atoms with E-state index in [0.717, 1.165) is 66.5 Å². The number of hydrogen-bond acceptors (Lipinski definition) is 4. The van der Waals surface area contributed by atoms with Crippen LogP contribution in [0.15, 0.2) is 182 Å². The van der Waals surface area contributed by atoms with E-state index in [4.69, 9.17) is 0 Å². The van der Waals surface area contributed by atoms with Gasteiger partial charge in [0, 0.05) is 33.3 Å². The number of rotatable bonds is 6. The molecule has 8 aromatic carbocycles. The summed E-state index contributed by atoms with van der Waals surface area (Å²) in [7, 11) is 0. The molecule has 0 bridgehead atoms. The van der Waals surface area contributed by atoms with Gasteiger partial charge in [0.05, 0.1) is 11.4 Å². The van der Waals surface area contributed by atoms with Crippen molar-refractivity contribution in [3.63, 3.8) is 0 Å². The Morgan fingerprint density at radius 2 is 0.646 bits per heavy atom. The second-order valence-corrected chi connectivity index (χ2v) is 11.5. The van der Waals surface area contributed by atoms with Crippen molar-refractivity contribution < 1.29 is 10.2 Å². The normalized spacial score (nSPS) is 10.7. The zero-order valence-corrected chi connectivity index (χ0v) is 26.2. The standard InChI is InChI=1S/2C22H17NO/c2*24-22-20(16-9-3-1-4-10-16)15-17-11-7-8-14-19(17)21(22)23-18-12-5-2-6-13-18/h2*1-15,23-24H. The maximum absolute atomic E-state index is 10.9. The summed E-state index contributed by atoms with van der Waals surface area (Å²) in [6.07, 6.45) is 0. The molecule has 0 aliphatic heterocycles. The van der Waals surface area contributed by atoms with Crippen molar-refractivity contribution >= 4 is 44.3 Å². The molecule has 0 heterocycles. The lowest BCUT2D eigenvalue weighted by molar-refractivity contribution is 0.480. The van der Waals surface area contributed by atoms with Crippen LogP contribution in [0.5, 0.6) is 11.5 Å². The molecule has 8 rings (SSSR count). The first-order valence-electron chi connectivity index (χ1n) is 15.9. The van der Waals surface area contributed by atoms with Crippen molar-refractivity contribution in [2.75, 3.05) is 10.6 Å². The van der Waals surface area contributed by atoms with E-state index in [-0.39, 0.29) is 11.5 Å². The van der Waals surface area contributed by atoms with E-state index in [9.17, 15) is 10.2 Å². The monoisotopic (exact) mass is 622 g/mol. The lowest BCUT2D eigenvalue weighted by Crippen LogP contribution is -1.94. The minimum absolute atomic E-state index is 0.267. The van der Waals surface area contributed by atoms with E-state index in [2.05, 4.69) is 22.8 Å². The number of anilines is 4. The van der Waals surface area contributed by atoms with Crippen LogP contribution in [-0.2, 0) is 0 Å². The molecule has 4 heteroatoms. The first-order valence-corrected chi connectivity index (χ1v) is 15.9. The van der Waals surface area contributed by atoms with Gasteiger partial charge in [-0.25, -0.2) is 0 Å². The smallest absolute Gasteiger partial charge is 0.147 e. The number of phenolic OH excluding ortho intramolecular Hbond substituents is 2. The summed E-state index contributed by atoms with van der Waals surface area (Å²) in [5.41, 5.74) is 7.01. The maximum atomic E-state index is 10.9. The van der Waals surface area contributed by atoms with E-state index in [1.54, 1.807) is 0 Å². The quantitative estimate of drug-likeness (QED) is 0.139. The minimum atomic E-state index is 0.267. The van der Waals surface area contributed by atoms with Crippen LogP contribution in [0.4, 0.5) is 22.7 Å². The predicted octanol–water partition coefficient (Wildman–Crippen LogP) is 11.9. The Bertz CT molecular complexity index is 2120. The average molecular weight is 623 g/mol. The topological polar surface area (TPSA) is 64.5 Å². The summed E-state index contributed by atoms with van der Waals surface area (Å²) < 4.78 is 0. The highest BCUT2D eigenvalue weighted by Crippen LogP contribution is 2.44. The number of hydrogen-bond donors (Lipinski definition) is 4. The molecule has 0 atom stereocenters. The Kier molecular flexibility index (Phi) is 8.70. The van der Waals surface area contributed by atoms with Gasteiger partial charge in [0.2, 0.25) is 0 Å². The van der Waals surface area contributed by atoms with Gasteiger partial charge in [-0.05, 0) is 58.3 Å². The van der Waals surface area contributed by atoms with Gasteiger partial charge in [-0.15, -0.1) is 0 Å². The van der Waals surface area contributed by atoms with Crippen molar-refractivity contribution in [2.45, 2.75) is 0 Å². The van der Waals surface area contributed by atoms with Crippen LogP contribution < -0.4 is 10.6 Å². The number of fused-ring (bicyclic) bond motifs is 2. The van der Waals surface area contributed by atoms with Gasteiger partial charge in [0.1, 0.15) is 11.5 Å².